The van der Waals surface area contributed by atoms with Gasteiger partial charge in [0, 0.05) is 30.9 Å². The van der Waals surface area contributed by atoms with E-state index in [1.54, 1.807) is 13.8 Å². The maximum Gasteiger partial charge on any atom is 0.335 e. The molecule has 2 fully saturated rings. The molecule has 1 aromatic heterocycles. The van der Waals surface area contributed by atoms with E-state index in [0.717, 1.165) is 9.80 Å². The van der Waals surface area contributed by atoms with Crippen molar-refractivity contribution in [3.05, 3.63) is 41.9 Å². The molecule has 3 aliphatic rings. The number of rotatable bonds is 3. The third-order valence-electron chi connectivity index (χ3n) is 7.00. The van der Waals surface area contributed by atoms with Crippen LogP contribution in [-0.2, 0) is 20.7 Å². The van der Waals surface area contributed by atoms with Gasteiger partial charge in [-0.1, -0.05) is 0 Å². The van der Waals surface area contributed by atoms with Crippen molar-refractivity contribution in [1.82, 2.24) is 19.8 Å². The molecule has 0 radical (unpaired) electrons. The highest BCUT2D eigenvalue weighted by atomic mass is 35.5. The Morgan fingerprint density at radius 1 is 1.08 bits per heavy atom. The lowest BCUT2D eigenvalue weighted by molar-refractivity contribution is -0.166. The number of aromatic nitrogens is 2. The highest BCUT2D eigenvalue weighted by molar-refractivity contribution is 6.28. The van der Waals surface area contributed by atoms with Gasteiger partial charge in [-0.3, -0.25) is 19.6 Å². The summed E-state index contributed by atoms with van der Waals surface area (Å²) in [5.74, 6) is -3.95. The number of hydrogen-bond acceptors (Lipinski definition) is 7. The number of morpholine rings is 1. The highest BCUT2D eigenvalue weighted by Gasteiger charge is 2.66. The number of fused-ring (bicyclic) bond motifs is 4. The predicted molar refractivity (Wildman–Crippen MR) is 125 cm³/mol. The minimum Gasteiger partial charge on any atom is -0.372 e. The fourth-order valence-electron chi connectivity index (χ4n) is 5.68. The van der Waals surface area contributed by atoms with Crippen LogP contribution in [0.4, 0.5) is 19.3 Å². The Morgan fingerprint density at radius 3 is 2.33 bits per heavy atom. The Labute approximate surface area is 214 Å². The van der Waals surface area contributed by atoms with Gasteiger partial charge in [-0.25, -0.2) is 23.4 Å². The SMILES string of the molecule is C[C@H]1CN2c3c(cc(-c4cnccn4)c(F)c3F)CC3(C(=O)N(CCl)C(=O)N(CCl)C3=O)[C@@H]2[C@@H](C)O1. The molecule has 1 spiro atoms. The first-order chi connectivity index (χ1) is 17.2. The lowest BCUT2D eigenvalue weighted by Gasteiger charge is -2.57. The summed E-state index contributed by atoms with van der Waals surface area (Å²) in [5.41, 5.74) is -1.87. The highest BCUT2D eigenvalue weighted by Crippen LogP contribution is 2.51. The number of barbiturate groups is 1. The largest absolute Gasteiger partial charge is 0.372 e. The third-order valence-corrected chi connectivity index (χ3v) is 7.47. The smallest absolute Gasteiger partial charge is 0.335 e. The van der Waals surface area contributed by atoms with Gasteiger partial charge in [0.1, 0.15) is 12.0 Å². The van der Waals surface area contributed by atoms with E-state index >= 15 is 8.78 Å². The zero-order chi connectivity index (χ0) is 25.9. The van der Waals surface area contributed by atoms with Crippen LogP contribution in [0.1, 0.15) is 19.4 Å². The normalized spacial score (nSPS) is 25.3. The number of urea groups is 1. The van der Waals surface area contributed by atoms with Crippen molar-refractivity contribution in [3.63, 3.8) is 0 Å². The number of benzene rings is 1. The van der Waals surface area contributed by atoms with Crippen molar-refractivity contribution in [1.29, 1.82) is 0 Å². The average molecular weight is 540 g/mol. The van der Waals surface area contributed by atoms with Crippen LogP contribution in [0.2, 0.25) is 0 Å². The van der Waals surface area contributed by atoms with Crippen molar-refractivity contribution in [2.24, 2.45) is 5.41 Å². The molecule has 3 atom stereocenters. The molecule has 2 saturated heterocycles. The summed E-state index contributed by atoms with van der Waals surface area (Å²) in [6.07, 6.45) is 2.49. The van der Waals surface area contributed by atoms with E-state index < -0.39 is 65.2 Å². The van der Waals surface area contributed by atoms with Gasteiger partial charge in [0.25, 0.3) is 0 Å². The molecule has 4 heterocycles. The summed E-state index contributed by atoms with van der Waals surface area (Å²) < 4.78 is 37.1. The fraction of sp³-hybridized carbons (Fsp3) is 0.435. The van der Waals surface area contributed by atoms with Gasteiger partial charge in [0.2, 0.25) is 11.8 Å². The molecule has 5 rings (SSSR count). The van der Waals surface area contributed by atoms with E-state index in [2.05, 4.69) is 9.97 Å². The number of halogens is 4. The number of ether oxygens (including phenoxy) is 1. The molecular formula is C23H21Cl2F2N5O4. The van der Waals surface area contributed by atoms with Crippen LogP contribution in [-0.4, -0.2) is 74.4 Å². The van der Waals surface area contributed by atoms with Gasteiger partial charge in [-0.2, -0.15) is 0 Å². The molecule has 36 heavy (non-hydrogen) atoms. The molecule has 0 N–H and O–H groups in total. The molecule has 2 aromatic rings. The second kappa shape index (κ2) is 8.89. The van der Waals surface area contributed by atoms with Crippen molar-refractivity contribution in [2.75, 3.05) is 23.5 Å². The van der Waals surface area contributed by atoms with E-state index in [4.69, 9.17) is 27.9 Å². The summed E-state index contributed by atoms with van der Waals surface area (Å²) in [6, 6.07) is -1.67. The van der Waals surface area contributed by atoms with E-state index in [9.17, 15) is 14.4 Å². The summed E-state index contributed by atoms with van der Waals surface area (Å²) >= 11 is 11.9. The first-order valence-corrected chi connectivity index (χ1v) is 12.2. The third kappa shape index (κ3) is 3.32. The molecular weight excluding hydrogens is 519 g/mol. The molecule has 0 bridgehead atoms. The van der Waals surface area contributed by atoms with Crippen LogP contribution in [0.3, 0.4) is 0 Å². The van der Waals surface area contributed by atoms with Gasteiger partial charge in [-0.15, -0.1) is 23.2 Å². The zero-order valence-electron chi connectivity index (χ0n) is 19.3. The van der Waals surface area contributed by atoms with Crippen LogP contribution >= 0.6 is 23.2 Å². The standard InChI is InChI=1S/C23H21Cl2F2N5O4/c1-11-8-30-18-13(5-14(16(26)17(18)27)15-7-28-3-4-29-15)6-23(19(30)12(2)36-11)20(33)31(9-24)22(35)32(10-25)21(23)34/h3-5,7,11-12,19H,6,8-10H2,1-2H3/t11-,12+,19-/m0/s1. The van der Waals surface area contributed by atoms with Crippen LogP contribution in [0, 0.1) is 17.0 Å². The van der Waals surface area contributed by atoms with E-state index in [-0.39, 0.29) is 35.5 Å². The summed E-state index contributed by atoms with van der Waals surface area (Å²) in [7, 11) is 0. The van der Waals surface area contributed by atoms with Crippen LogP contribution in [0.25, 0.3) is 11.3 Å². The van der Waals surface area contributed by atoms with E-state index in [1.807, 2.05) is 0 Å². The number of hydrogen-bond donors (Lipinski definition) is 0. The average Bonchev–Trinajstić information content (AvgIpc) is 2.85. The Hall–Kier alpha value is -2.89. The number of nitrogens with zero attached hydrogens (tertiary/aromatic N) is 5. The molecule has 0 aliphatic carbocycles. The molecule has 0 saturated carbocycles. The molecule has 1 aromatic carbocycles. The van der Waals surface area contributed by atoms with Crippen LogP contribution in [0.5, 0.6) is 0 Å². The minimum absolute atomic E-state index is 0.0647. The quantitative estimate of drug-likeness (QED) is 0.336. The zero-order valence-corrected chi connectivity index (χ0v) is 20.8. The second-order valence-electron chi connectivity index (χ2n) is 9.04. The predicted octanol–water partition coefficient (Wildman–Crippen LogP) is 3.13. The Kier molecular flexibility index (Phi) is 6.12. The molecule has 190 valence electrons. The summed E-state index contributed by atoms with van der Waals surface area (Å²) in [6.45, 7) is 3.47. The maximum absolute atomic E-state index is 15.8. The molecule has 9 nitrogen and oxygen atoms in total. The first kappa shape index (κ1) is 24.8. The Morgan fingerprint density at radius 2 is 1.75 bits per heavy atom. The van der Waals surface area contributed by atoms with Crippen LogP contribution in [0.15, 0.2) is 24.7 Å². The van der Waals surface area contributed by atoms with Crippen molar-refractivity contribution < 1.29 is 27.9 Å². The number of carbonyl (C=O) groups is 3. The second-order valence-corrected chi connectivity index (χ2v) is 9.51. The van der Waals surface area contributed by atoms with Crippen molar-refractivity contribution in [2.45, 2.75) is 38.5 Å². The molecule has 4 amide bonds. The van der Waals surface area contributed by atoms with Gasteiger partial charge >= 0.3 is 6.03 Å². The summed E-state index contributed by atoms with van der Waals surface area (Å²) in [4.78, 5) is 51.5. The monoisotopic (exact) mass is 539 g/mol. The minimum atomic E-state index is -1.92. The van der Waals surface area contributed by atoms with E-state index in [1.165, 1.54) is 29.6 Å². The number of carbonyl (C=O) groups excluding carboxylic acids is 3. The first-order valence-electron chi connectivity index (χ1n) is 11.2. The lowest BCUT2D eigenvalue weighted by Crippen LogP contribution is -2.76. The van der Waals surface area contributed by atoms with Gasteiger partial charge in [0.15, 0.2) is 17.0 Å². The number of anilines is 1. The molecule has 0 unspecified atom stereocenters. The summed E-state index contributed by atoms with van der Waals surface area (Å²) in [5, 5.41) is 0. The Balaban J connectivity index is 1.79. The maximum atomic E-state index is 15.8. The van der Waals surface area contributed by atoms with E-state index in [0.29, 0.717) is 0 Å². The number of imide groups is 2. The van der Waals surface area contributed by atoms with Gasteiger partial charge < -0.3 is 9.64 Å². The van der Waals surface area contributed by atoms with Crippen LogP contribution < -0.4 is 4.90 Å². The van der Waals surface area contributed by atoms with Gasteiger partial charge in [-0.05, 0) is 25.5 Å². The lowest BCUT2D eigenvalue weighted by atomic mass is 9.65. The fourth-order valence-corrected chi connectivity index (χ4v) is 6.10. The Bertz CT molecular complexity index is 1240. The molecule has 3 aliphatic heterocycles. The molecule has 13 heteroatoms. The number of alkyl halides is 2. The van der Waals surface area contributed by atoms with Gasteiger partial charge in [0.05, 0.1) is 35.8 Å². The van der Waals surface area contributed by atoms with Crippen molar-refractivity contribution in [3.8, 4) is 11.3 Å². The topological polar surface area (TPSA) is 95.9 Å². The van der Waals surface area contributed by atoms with Crippen molar-refractivity contribution >= 4 is 46.7 Å². The number of amides is 4.